The van der Waals surface area contributed by atoms with Gasteiger partial charge in [-0.05, 0) is 76.2 Å². The average Bonchev–Trinajstić information content (AvgIpc) is 3.05. The van der Waals surface area contributed by atoms with E-state index in [0.717, 1.165) is 22.3 Å². The van der Waals surface area contributed by atoms with Gasteiger partial charge in [0, 0.05) is 0 Å². The Balaban J connectivity index is 1.64. The van der Waals surface area contributed by atoms with Crippen molar-refractivity contribution in [1.82, 2.24) is 0 Å². The van der Waals surface area contributed by atoms with Crippen molar-refractivity contribution in [3.63, 3.8) is 0 Å². The van der Waals surface area contributed by atoms with Gasteiger partial charge in [0.15, 0.2) is 0 Å². The first kappa shape index (κ1) is 33.0. The quantitative estimate of drug-likeness (QED) is 0.106. The summed E-state index contributed by atoms with van der Waals surface area (Å²) in [5.41, 5.74) is -1.16. The fourth-order valence-corrected chi connectivity index (χ4v) is 4.54. The van der Waals surface area contributed by atoms with Crippen LogP contribution in [0.25, 0.3) is 0 Å². The molecule has 0 aliphatic heterocycles. The Morgan fingerprint density at radius 3 is 0.667 bits per heavy atom. The molecule has 0 radical (unpaired) electrons. The summed E-state index contributed by atoms with van der Waals surface area (Å²) in [7, 11) is 0. The molecular formula is C38H28O10. The first-order chi connectivity index (χ1) is 22.9. The normalized spacial score (nSPS) is 12.8. The van der Waals surface area contributed by atoms with Crippen LogP contribution in [0.2, 0.25) is 0 Å². The molecular weight excluding hydrogens is 616 g/mol. The Morgan fingerprint density at radius 2 is 0.500 bits per heavy atom. The highest BCUT2D eigenvalue weighted by atomic mass is 16.6. The van der Waals surface area contributed by atoms with Gasteiger partial charge in [0.1, 0.15) is 45.3 Å². The van der Waals surface area contributed by atoms with Crippen LogP contribution in [0.5, 0.6) is 23.0 Å². The van der Waals surface area contributed by atoms with Gasteiger partial charge in [-0.3, -0.25) is 9.59 Å². The molecule has 5 rings (SSSR count). The SMILES string of the molecule is Cc1ccc(OC(=O)C2=C(C(=O)Oc3ccc(C)cc3)C(=O)C(C(=O)Oc3ccc(C)cc3)=C(C(=O)Oc3ccc(C)cc3)C2=O)cc1. The van der Waals surface area contributed by atoms with E-state index in [0.29, 0.717) is 0 Å². The number of carbonyl (C=O) groups is 6. The first-order valence-corrected chi connectivity index (χ1v) is 14.6. The lowest BCUT2D eigenvalue weighted by Crippen LogP contribution is -2.40. The van der Waals surface area contributed by atoms with Crippen LogP contribution in [0.1, 0.15) is 22.3 Å². The number of carbonyl (C=O) groups excluding carboxylic acids is 6. The maximum absolute atomic E-state index is 14.2. The Labute approximate surface area is 275 Å². The van der Waals surface area contributed by atoms with Gasteiger partial charge in [0.2, 0.25) is 11.6 Å². The molecule has 0 bridgehead atoms. The number of benzene rings is 4. The highest BCUT2D eigenvalue weighted by molar-refractivity contribution is 6.50. The molecule has 0 atom stereocenters. The number of esters is 4. The third-order valence-corrected chi connectivity index (χ3v) is 7.15. The standard InChI is InChI=1S/C38H28O10/c1-21-5-13-25(14-6-21)45-35(41)29-30(36(42)46-26-15-7-22(2)8-16-26)34(40)32(38(44)48-28-19-11-24(4)12-20-28)31(33(29)39)37(43)47-27-17-9-23(3)10-18-27/h5-20H,1-4H3. The van der Waals surface area contributed by atoms with E-state index in [9.17, 15) is 28.8 Å². The monoisotopic (exact) mass is 644 g/mol. The predicted molar refractivity (Wildman–Crippen MR) is 171 cm³/mol. The van der Waals surface area contributed by atoms with Gasteiger partial charge in [-0.25, -0.2) is 19.2 Å². The second-order valence-corrected chi connectivity index (χ2v) is 11.0. The molecule has 0 saturated carbocycles. The number of ether oxygens (including phenoxy) is 4. The average molecular weight is 645 g/mol. The van der Waals surface area contributed by atoms with Crippen molar-refractivity contribution in [1.29, 1.82) is 0 Å². The molecule has 0 heterocycles. The summed E-state index contributed by atoms with van der Waals surface area (Å²) in [6.07, 6.45) is 0. The highest BCUT2D eigenvalue weighted by Gasteiger charge is 2.48. The van der Waals surface area contributed by atoms with Gasteiger partial charge >= 0.3 is 23.9 Å². The molecule has 48 heavy (non-hydrogen) atoms. The van der Waals surface area contributed by atoms with Gasteiger partial charge < -0.3 is 18.9 Å². The molecule has 1 aliphatic carbocycles. The minimum Gasteiger partial charge on any atom is -0.423 e. The fourth-order valence-electron chi connectivity index (χ4n) is 4.54. The molecule has 4 aromatic carbocycles. The lowest BCUT2D eigenvalue weighted by molar-refractivity contribution is -0.140. The molecule has 0 saturated heterocycles. The van der Waals surface area contributed by atoms with E-state index in [1.54, 1.807) is 76.2 Å². The van der Waals surface area contributed by atoms with Crippen LogP contribution >= 0.6 is 0 Å². The number of aryl methyl sites for hydroxylation is 4. The second kappa shape index (κ2) is 13.9. The zero-order valence-electron chi connectivity index (χ0n) is 26.3. The maximum Gasteiger partial charge on any atom is 0.348 e. The minimum atomic E-state index is -1.48. The van der Waals surface area contributed by atoms with Crippen LogP contribution in [0.4, 0.5) is 0 Å². The molecule has 10 heteroatoms. The molecule has 0 unspecified atom stereocenters. The molecule has 10 nitrogen and oxygen atoms in total. The molecule has 240 valence electrons. The molecule has 1 aliphatic rings. The van der Waals surface area contributed by atoms with Crippen LogP contribution in [0.3, 0.4) is 0 Å². The zero-order chi connectivity index (χ0) is 34.5. The van der Waals surface area contributed by atoms with Gasteiger partial charge in [0.25, 0.3) is 0 Å². The third kappa shape index (κ3) is 7.34. The minimum absolute atomic E-state index is 0.0260. The number of hydrogen-bond acceptors (Lipinski definition) is 10. The van der Waals surface area contributed by atoms with E-state index in [1.165, 1.54) is 48.5 Å². The summed E-state index contributed by atoms with van der Waals surface area (Å²) < 4.78 is 21.5. The number of Topliss-reactive ketones (excluding diaryl/α,β-unsaturated/α-hetero) is 2. The summed E-state index contributed by atoms with van der Waals surface area (Å²) in [5.74, 6) is -8.84. The Kier molecular flexibility index (Phi) is 9.56. The van der Waals surface area contributed by atoms with Crippen molar-refractivity contribution in [2.75, 3.05) is 0 Å². The summed E-state index contributed by atoms with van der Waals surface area (Å²) >= 11 is 0. The maximum atomic E-state index is 14.2. The Morgan fingerprint density at radius 1 is 0.333 bits per heavy atom. The molecule has 4 aromatic rings. The predicted octanol–water partition coefficient (Wildman–Crippen LogP) is 5.39. The van der Waals surface area contributed by atoms with Gasteiger partial charge in [0.05, 0.1) is 0 Å². The third-order valence-electron chi connectivity index (χ3n) is 7.15. The summed E-state index contributed by atoms with van der Waals surface area (Å²) in [6, 6.07) is 24.5. The summed E-state index contributed by atoms with van der Waals surface area (Å²) in [5, 5.41) is 0. The highest BCUT2D eigenvalue weighted by Crippen LogP contribution is 2.31. The van der Waals surface area contributed by atoms with E-state index in [1.807, 2.05) is 0 Å². The second-order valence-electron chi connectivity index (χ2n) is 11.0. The van der Waals surface area contributed by atoms with E-state index in [2.05, 4.69) is 0 Å². The van der Waals surface area contributed by atoms with Crippen LogP contribution in [-0.4, -0.2) is 35.4 Å². The van der Waals surface area contributed by atoms with E-state index >= 15 is 0 Å². The summed E-state index contributed by atoms with van der Waals surface area (Å²) in [4.78, 5) is 82.9. The van der Waals surface area contributed by atoms with Crippen LogP contribution in [0.15, 0.2) is 119 Å². The van der Waals surface area contributed by atoms with E-state index in [-0.39, 0.29) is 23.0 Å². The van der Waals surface area contributed by atoms with Crippen molar-refractivity contribution in [3.05, 3.63) is 142 Å². The smallest absolute Gasteiger partial charge is 0.348 e. The van der Waals surface area contributed by atoms with Crippen LogP contribution in [-0.2, 0) is 28.8 Å². The lowest BCUT2D eigenvalue weighted by Gasteiger charge is -2.21. The number of ketones is 2. The van der Waals surface area contributed by atoms with Gasteiger partial charge in [-0.1, -0.05) is 70.8 Å². The molecule has 0 spiro atoms. The largest absolute Gasteiger partial charge is 0.423 e. The van der Waals surface area contributed by atoms with Crippen molar-refractivity contribution < 1.29 is 47.7 Å². The van der Waals surface area contributed by atoms with Crippen molar-refractivity contribution >= 4 is 35.4 Å². The fraction of sp³-hybridized carbons (Fsp3) is 0.105. The molecule has 0 aromatic heterocycles. The molecule has 0 N–H and O–H groups in total. The first-order valence-electron chi connectivity index (χ1n) is 14.6. The van der Waals surface area contributed by atoms with Crippen molar-refractivity contribution in [3.8, 4) is 23.0 Å². The lowest BCUT2D eigenvalue weighted by atomic mass is 9.83. The zero-order valence-corrected chi connectivity index (χ0v) is 26.3. The molecule has 0 amide bonds. The van der Waals surface area contributed by atoms with E-state index in [4.69, 9.17) is 18.9 Å². The topological polar surface area (TPSA) is 139 Å². The Bertz CT molecular complexity index is 1720. The number of hydrogen-bond donors (Lipinski definition) is 0. The van der Waals surface area contributed by atoms with E-state index < -0.39 is 57.7 Å². The van der Waals surface area contributed by atoms with Crippen molar-refractivity contribution in [2.45, 2.75) is 27.7 Å². The van der Waals surface area contributed by atoms with Gasteiger partial charge in [-0.15, -0.1) is 0 Å². The Hall–Kier alpha value is -6.42. The van der Waals surface area contributed by atoms with Gasteiger partial charge in [-0.2, -0.15) is 0 Å². The van der Waals surface area contributed by atoms with Crippen molar-refractivity contribution in [2.24, 2.45) is 0 Å². The number of rotatable bonds is 8. The molecule has 0 fully saturated rings. The van der Waals surface area contributed by atoms with Crippen LogP contribution < -0.4 is 18.9 Å². The summed E-state index contributed by atoms with van der Waals surface area (Å²) in [6.45, 7) is 7.18. The van der Waals surface area contributed by atoms with Crippen LogP contribution in [0, 0.1) is 27.7 Å².